The maximum Gasteiger partial charge on any atom is 0.123 e. The van der Waals surface area contributed by atoms with Crippen molar-refractivity contribution in [2.24, 2.45) is 11.7 Å². The van der Waals surface area contributed by atoms with Gasteiger partial charge < -0.3 is 15.6 Å². The van der Waals surface area contributed by atoms with Gasteiger partial charge in [0.05, 0.1) is 0 Å². The van der Waals surface area contributed by atoms with Gasteiger partial charge in [-0.2, -0.15) is 0 Å². The number of hydrogen-bond acceptors (Lipinski definition) is 3. The Balaban J connectivity index is 1.88. The van der Waals surface area contributed by atoms with E-state index in [1.54, 1.807) is 12.1 Å². The number of halogens is 1. The van der Waals surface area contributed by atoms with Crippen LogP contribution in [0, 0.1) is 11.7 Å². The molecule has 3 nitrogen and oxygen atoms in total. The highest BCUT2D eigenvalue weighted by atomic mass is 19.1. The summed E-state index contributed by atoms with van der Waals surface area (Å²) in [5, 5.41) is 9.14. The molecule has 0 heterocycles. The van der Waals surface area contributed by atoms with Gasteiger partial charge in [-0.05, 0) is 54.3 Å². The first-order valence-corrected chi connectivity index (χ1v) is 6.98. The predicted molar refractivity (Wildman–Crippen MR) is 80.5 cm³/mol. The predicted octanol–water partition coefficient (Wildman–Crippen LogP) is 2.51. The first-order valence-electron chi connectivity index (χ1n) is 6.98. The molecule has 0 aliphatic heterocycles. The highest BCUT2D eigenvalue weighted by Gasteiger charge is 2.06. The van der Waals surface area contributed by atoms with E-state index >= 15 is 0 Å². The van der Waals surface area contributed by atoms with Crippen LogP contribution in [0.3, 0.4) is 0 Å². The summed E-state index contributed by atoms with van der Waals surface area (Å²) in [6, 6.07) is 14.0. The fourth-order valence-electron chi connectivity index (χ4n) is 2.02. The number of ether oxygens (including phenoxy) is 1. The number of rotatable bonds is 7. The van der Waals surface area contributed by atoms with E-state index in [-0.39, 0.29) is 18.3 Å². The quantitative estimate of drug-likeness (QED) is 0.823. The first kappa shape index (κ1) is 15.5. The van der Waals surface area contributed by atoms with Crippen molar-refractivity contribution < 1.29 is 14.2 Å². The van der Waals surface area contributed by atoms with Crippen LogP contribution in [0.5, 0.6) is 5.75 Å². The molecule has 0 aliphatic rings. The van der Waals surface area contributed by atoms with Crippen LogP contribution in [0.4, 0.5) is 4.39 Å². The summed E-state index contributed by atoms with van der Waals surface area (Å²) < 4.78 is 18.4. The second-order valence-corrected chi connectivity index (χ2v) is 5.05. The maximum absolute atomic E-state index is 12.8. The molecule has 1 unspecified atom stereocenters. The molecule has 0 saturated carbocycles. The van der Waals surface area contributed by atoms with Crippen molar-refractivity contribution in [3.8, 4) is 5.75 Å². The molecule has 0 spiro atoms. The van der Waals surface area contributed by atoms with Gasteiger partial charge in [-0.1, -0.05) is 24.3 Å². The van der Waals surface area contributed by atoms with Gasteiger partial charge in [-0.3, -0.25) is 0 Å². The van der Waals surface area contributed by atoms with Crippen LogP contribution in [0.2, 0.25) is 0 Å². The summed E-state index contributed by atoms with van der Waals surface area (Å²) in [5.74, 6) is 0.605. The van der Waals surface area contributed by atoms with Crippen LogP contribution in [-0.4, -0.2) is 18.3 Å². The Bertz CT molecular complexity index is 536. The first-order chi connectivity index (χ1) is 10.2. The van der Waals surface area contributed by atoms with E-state index in [0.29, 0.717) is 13.2 Å². The molecule has 4 heteroatoms. The van der Waals surface area contributed by atoms with E-state index in [1.807, 2.05) is 24.3 Å². The average molecular weight is 289 g/mol. The van der Waals surface area contributed by atoms with E-state index in [1.165, 1.54) is 12.1 Å². The van der Waals surface area contributed by atoms with E-state index in [9.17, 15) is 4.39 Å². The summed E-state index contributed by atoms with van der Waals surface area (Å²) in [6.45, 7) is 0.973. The lowest BCUT2D eigenvalue weighted by atomic mass is 10.0. The highest BCUT2D eigenvalue weighted by molar-refractivity contribution is 5.28. The number of aliphatic hydroxyl groups is 1. The molecule has 0 saturated heterocycles. The largest absolute Gasteiger partial charge is 0.489 e. The van der Waals surface area contributed by atoms with Gasteiger partial charge in [-0.25, -0.2) is 4.39 Å². The molecular formula is C17H20FNO2. The van der Waals surface area contributed by atoms with Gasteiger partial charge in [0, 0.05) is 6.61 Å². The molecule has 2 aromatic rings. The summed E-state index contributed by atoms with van der Waals surface area (Å²) in [4.78, 5) is 0. The smallest absolute Gasteiger partial charge is 0.123 e. The van der Waals surface area contributed by atoms with Crippen LogP contribution in [0.1, 0.15) is 11.1 Å². The Kier molecular flexibility index (Phi) is 5.72. The van der Waals surface area contributed by atoms with Crippen molar-refractivity contribution in [2.75, 3.05) is 13.2 Å². The van der Waals surface area contributed by atoms with E-state index in [2.05, 4.69) is 0 Å². The maximum atomic E-state index is 12.8. The lowest BCUT2D eigenvalue weighted by molar-refractivity contribution is 0.230. The molecule has 0 radical (unpaired) electrons. The highest BCUT2D eigenvalue weighted by Crippen LogP contribution is 2.16. The summed E-state index contributed by atoms with van der Waals surface area (Å²) in [5.41, 5.74) is 7.61. The molecule has 0 aliphatic carbocycles. The van der Waals surface area contributed by atoms with Crippen LogP contribution in [0.25, 0.3) is 0 Å². The van der Waals surface area contributed by atoms with Crippen molar-refractivity contribution in [3.05, 3.63) is 65.5 Å². The zero-order valence-corrected chi connectivity index (χ0v) is 11.8. The second-order valence-electron chi connectivity index (χ2n) is 5.05. The summed E-state index contributed by atoms with van der Waals surface area (Å²) in [7, 11) is 0. The van der Waals surface area contributed by atoms with E-state index in [4.69, 9.17) is 15.6 Å². The van der Waals surface area contributed by atoms with Gasteiger partial charge in [-0.15, -0.1) is 0 Å². The molecule has 0 bridgehead atoms. The number of nitrogens with two attached hydrogens (primary N) is 1. The van der Waals surface area contributed by atoms with Crippen molar-refractivity contribution in [3.63, 3.8) is 0 Å². The van der Waals surface area contributed by atoms with Crippen molar-refractivity contribution >= 4 is 0 Å². The molecule has 2 aromatic carbocycles. The van der Waals surface area contributed by atoms with Gasteiger partial charge in [0.15, 0.2) is 0 Å². The SMILES string of the molecule is NCC(CO)Cc1ccc(OCc2ccc(F)cc2)cc1. The summed E-state index contributed by atoms with van der Waals surface area (Å²) >= 11 is 0. The summed E-state index contributed by atoms with van der Waals surface area (Å²) in [6.07, 6.45) is 0.755. The fourth-order valence-corrected chi connectivity index (χ4v) is 2.02. The Labute approximate surface area is 124 Å². The van der Waals surface area contributed by atoms with Crippen molar-refractivity contribution in [1.82, 2.24) is 0 Å². The third kappa shape index (κ3) is 4.85. The fraction of sp³-hybridized carbons (Fsp3) is 0.294. The Morgan fingerprint density at radius 2 is 1.62 bits per heavy atom. The lowest BCUT2D eigenvalue weighted by Crippen LogP contribution is -2.20. The van der Waals surface area contributed by atoms with Crippen LogP contribution in [-0.2, 0) is 13.0 Å². The molecule has 0 fully saturated rings. The zero-order chi connectivity index (χ0) is 15.1. The monoisotopic (exact) mass is 289 g/mol. The molecule has 0 aromatic heterocycles. The van der Waals surface area contributed by atoms with Crippen molar-refractivity contribution in [1.29, 1.82) is 0 Å². The van der Waals surface area contributed by atoms with Gasteiger partial charge in [0.1, 0.15) is 18.2 Å². The normalized spacial score (nSPS) is 12.1. The van der Waals surface area contributed by atoms with Crippen LogP contribution >= 0.6 is 0 Å². The lowest BCUT2D eigenvalue weighted by Gasteiger charge is -2.12. The Morgan fingerprint density at radius 3 is 2.19 bits per heavy atom. The molecule has 0 amide bonds. The Morgan fingerprint density at radius 1 is 1.00 bits per heavy atom. The topological polar surface area (TPSA) is 55.5 Å². The number of benzene rings is 2. The van der Waals surface area contributed by atoms with Gasteiger partial charge >= 0.3 is 0 Å². The van der Waals surface area contributed by atoms with E-state index < -0.39 is 0 Å². The van der Waals surface area contributed by atoms with Crippen LogP contribution in [0.15, 0.2) is 48.5 Å². The third-order valence-corrected chi connectivity index (χ3v) is 3.36. The van der Waals surface area contributed by atoms with Gasteiger partial charge in [0.25, 0.3) is 0 Å². The third-order valence-electron chi connectivity index (χ3n) is 3.36. The van der Waals surface area contributed by atoms with E-state index in [0.717, 1.165) is 23.3 Å². The standard InChI is InChI=1S/C17H20FNO2/c18-16-5-1-14(2-6-16)12-21-17-7-3-13(4-8-17)9-15(10-19)11-20/h1-8,15,20H,9-12,19H2. The minimum atomic E-state index is -0.249. The number of aliphatic hydroxyl groups excluding tert-OH is 1. The molecular weight excluding hydrogens is 269 g/mol. The molecule has 3 N–H and O–H groups in total. The molecule has 1 atom stereocenters. The number of hydrogen-bond donors (Lipinski definition) is 2. The average Bonchev–Trinajstić information content (AvgIpc) is 2.53. The van der Waals surface area contributed by atoms with Gasteiger partial charge in [0.2, 0.25) is 0 Å². The molecule has 112 valence electrons. The second kappa shape index (κ2) is 7.76. The minimum absolute atomic E-state index is 0.0935. The Hall–Kier alpha value is -1.91. The minimum Gasteiger partial charge on any atom is -0.489 e. The molecule has 21 heavy (non-hydrogen) atoms. The molecule has 2 rings (SSSR count). The van der Waals surface area contributed by atoms with Crippen molar-refractivity contribution in [2.45, 2.75) is 13.0 Å². The van der Waals surface area contributed by atoms with Crippen LogP contribution < -0.4 is 10.5 Å². The zero-order valence-electron chi connectivity index (χ0n) is 11.8.